The van der Waals surface area contributed by atoms with Gasteiger partial charge in [-0.3, -0.25) is 0 Å². The summed E-state index contributed by atoms with van der Waals surface area (Å²) in [4.78, 5) is 2.54. The standard InChI is InChI=1S/C14H19Br2N/c1-2-3-11-6-7-17(10-11)14-8-13(16)5-4-12(14)9-15/h4-5,8,11H,2-3,6-7,9-10H2,1H3. The van der Waals surface area contributed by atoms with Gasteiger partial charge in [0.25, 0.3) is 0 Å². The van der Waals surface area contributed by atoms with Crippen molar-refractivity contribution in [2.75, 3.05) is 18.0 Å². The highest BCUT2D eigenvalue weighted by Crippen LogP contribution is 2.32. The second kappa shape index (κ2) is 6.24. The van der Waals surface area contributed by atoms with Crippen LogP contribution in [0.2, 0.25) is 0 Å². The zero-order valence-corrected chi connectivity index (χ0v) is 13.4. The number of rotatable bonds is 4. The molecule has 2 rings (SSSR count). The van der Waals surface area contributed by atoms with E-state index < -0.39 is 0 Å². The van der Waals surface area contributed by atoms with Gasteiger partial charge in [-0.05, 0) is 36.5 Å². The van der Waals surface area contributed by atoms with E-state index in [1.807, 2.05) is 0 Å². The van der Waals surface area contributed by atoms with Crippen LogP contribution < -0.4 is 4.90 Å². The van der Waals surface area contributed by atoms with Crippen LogP contribution >= 0.6 is 31.9 Å². The number of anilines is 1. The lowest BCUT2D eigenvalue weighted by molar-refractivity contribution is 0.530. The van der Waals surface area contributed by atoms with Crippen molar-refractivity contribution in [1.29, 1.82) is 0 Å². The highest BCUT2D eigenvalue weighted by atomic mass is 79.9. The highest BCUT2D eigenvalue weighted by Gasteiger charge is 2.23. The molecule has 1 saturated heterocycles. The Bertz CT molecular complexity index is 378. The van der Waals surface area contributed by atoms with Crippen LogP contribution in [-0.2, 0) is 5.33 Å². The van der Waals surface area contributed by atoms with Crippen LogP contribution in [0.3, 0.4) is 0 Å². The molecule has 1 fully saturated rings. The van der Waals surface area contributed by atoms with E-state index >= 15 is 0 Å². The van der Waals surface area contributed by atoms with Crippen LogP contribution in [0.4, 0.5) is 5.69 Å². The van der Waals surface area contributed by atoms with Crippen molar-refractivity contribution in [1.82, 2.24) is 0 Å². The Labute approximate surface area is 121 Å². The fraction of sp³-hybridized carbons (Fsp3) is 0.571. The van der Waals surface area contributed by atoms with Gasteiger partial charge in [-0.2, -0.15) is 0 Å². The van der Waals surface area contributed by atoms with E-state index in [1.165, 1.54) is 48.1 Å². The third-order valence-electron chi connectivity index (χ3n) is 3.51. The van der Waals surface area contributed by atoms with Crippen molar-refractivity contribution in [3.8, 4) is 0 Å². The van der Waals surface area contributed by atoms with E-state index in [2.05, 4.69) is 61.9 Å². The van der Waals surface area contributed by atoms with E-state index in [0.29, 0.717) is 0 Å². The zero-order valence-electron chi connectivity index (χ0n) is 10.3. The molecule has 1 atom stereocenters. The molecule has 0 spiro atoms. The zero-order chi connectivity index (χ0) is 12.3. The molecule has 1 aliphatic rings. The molecule has 1 nitrogen and oxygen atoms in total. The minimum atomic E-state index is 0.891. The van der Waals surface area contributed by atoms with Gasteiger partial charge < -0.3 is 4.90 Å². The molecule has 0 aromatic heterocycles. The molecule has 1 aromatic carbocycles. The maximum Gasteiger partial charge on any atom is 0.0418 e. The first-order chi connectivity index (χ1) is 8.24. The topological polar surface area (TPSA) is 3.24 Å². The molecule has 0 amide bonds. The van der Waals surface area contributed by atoms with Crippen molar-refractivity contribution in [2.24, 2.45) is 5.92 Å². The van der Waals surface area contributed by atoms with Crippen LogP contribution in [0.1, 0.15) is 31.7 Å². The maximum atomic E-state index is 3.58. The van der Waals surface area contributed by atoms with Crippen molar-refractivity contribution < 1.29 is 0 Å². The van der Waals surface area contributed by atoms with Gasteiger partial charge in [0, 0.05) is 28.6 Å². The van der Waals surface area contributed by atoms with Crippen molar-refractivity contribution in [3.05, 3.63) is 28.2 Å². The van der Waals surface area contributed by atoms with Crippen molar-refractivity contribution >= 4 is 37.5 Å². The van der Waals surface area contributed by atoms with Crippen LogP contribution in [0.5, 0.6) is 0 Å². The number of nitrogens with zero attached hydrogens (tertiary/aromatic N) is 1. The fourth-order valence-electron chi connectivity index (χ4n) is 2.64. The largest absolute Gasteiger partial charge is 0.371 e. The molecule has 1 aliphatic heterocycles. The van der Waals surface area contributed by atoms with E-state index in [-0.39, 0.29) is 0 Å². The summed E-state index contributed by atoms with van der Waals surface area (Å²) in [5.74, 6) is 0.891. The van der Waals surface area contributed by atoms with E-state index in [1.54, 1.807) is 0 Å². The summed E-state index contributed by atoms with van der Waals surface area (Å²) in [5, 5.41) is 0.935. The monoisotopic (exact) mass is 359 g/mol. The summed E-state index contributed by atoms with van der Waals surface area (Å²) in [5.41, 5.74) is 2.79. The predicted octanol–water partition coefficient (Wildman–Crippen LogP) is 4.97. The third kappa shape index (κ3) is 3.25. The smallest absolute Gasteiger partial charge is 0.0418 e. The molecule has 0 saturated carbocycles. The minimum absolute atomic E-state index is 0.891. The number of benzene rings is 1. The molecule has 94 valence electrons. The molecular formula is C14H19Br2N. The Balaban J connectivity index is 2.14. The average molecular weight is 361 g/mol. The van der Waals surface area contributed by atoms with Gasteiger partial charge in [-0.25, -0.2) is 0 Å². The Morgan fingerprint density at radius 3 is 2.94 bits per heavy atom. The van der Waals surface area contributed by atoms with Gasteiger partial charge in [0.1, 0.15) is 0 Å². The molecule has 0 radical (unpaired) electrons. The molecule has 1 unspecified atom stereocenters. The summed E-state index contributed by atoms with van der Waals surface area (Å²) in [6.07, 6.45) is 4.03. The minimum Gasteiger partial charge on any atom is -0.371 e. The Morgan fingerprint density at radius 1 is 1.41 bits per heavy atom. The van der Waals surface area contributed by atoms with Crippen molar-refractivity contribution in [3.63, 3.8) is 0 Å². The first-order valence-corrected chi connectivity index (χ1v) is 8.25. The van der Waals surface area contributed by atoms with E-state index in [0.717, 1.165) is 11.2 Å². The number of alkyl halides is 1. The van der Waals surface area contributed by atoms with Crippen molar-refractivity contribution in [2.45, 2.75) is 31.5 Å². The fourth-order valence-corrected chi connectivity index (χ4v) is 3.46. The lowest BCUT2D eigenvalue weighted by Gasteiger charge is -2.22. The Kier molecular flexibility index (Phi) is 4.92. The lowest BCUT2D eigenvalue weighted by Crippen LogP contribution is -2.20. The summed E-state index contributed by atoms with van der Waals surface area (Å²) < 4.78 is 1.18. The second-order valence-corrected chi connectivity index (χ2v) is 6.27. The third-order valence-corrected chi connectivity index (χ3v) is 4.61. The highest BCUT2D eigenvalue weighted by molar-refractivity contribution is 9.10. The van der Waals surface area contributed by atoms with Gasteiger partial charge in [-0.15, -0.1) is 0 Å². The van der Waals surface area contributed by atoms with Gasteiger partial charge in [0.15, 0.2) is 0 Å². The van der Waals surface area contributed by atoms with Crippen LogP contribution in [0, 0.1) is 5.92 Å². The first kappa shape index (κ1) is 13.4. The molecule has 0 aliphatic carbocycles. The average Bonchev–Trinajstić information content (AvgIpc) is 2.78. The quantitative estimate of drug-likeness (QED) is 0.685. The molecule has 17 heavy (non-hydrogen) atoms. The van der Waals surface area contributed by atoms with Gasteiger partial charge in [-0.1, -0.05) is 51.3 Å². The Morgan fingerprint density at radius 2 is 2.24 bits per heavy atom. The predicted molar refractivity (Wildman–Crippen MR) is 82.0 cm³/mol. The van der Waals surface area contributed by atoms with E-state index in [9.17, 15) is 0 Å². The second-order valence-electron chi connectivity index (χ2n) is 4.80. The molecule has 0 bridgehead atoms. The molecule has 1 heterocycles. The number of halogens is 2. The lowest BCUT2D eigenvalue weighted by atomic mass is 10.0. The normalized spacial score (nSPS) is 19.9. The summed E-state index contributed by atoms with van der Waals surface area (Å²) in [6, 6.07) is 6.59. The van der Waals surface area contributed by atoms with E-state index in [4.69, 9.17) is 0 Å². The summed E-state index contributed by atoms with van der Waals surface area (Å²) in [6.45, 7) is 4.72. The maximum absolute atomic E-state index is 3.58. The summed E-state index contributed by atoms with van der Waals surface area (Å²) >= 11 is 7.16. The molecule has 1 aromatic rings. The molecule has 0 N–H and O–H groups in total. The SMILES string of the molecule is CCCC1CCN(c2cc(Br)ccc2CBr)C1. The Hall–Kier alpha value is -0.0200. The van der Waals surface area contributed by atoms with Crippen LogP contribution in [0.15, 0.2) is 22.7 Å². The van der Waals surface area contributed by atoms with Gasteiger partial charge in [0.05, 0.1) is 0 Å². The van der Waals surface area contributed by atoms with Crippen LogP contribution in [0.25, 0.3) is 0 Å². The van der Waals surface area contributed by atoms with Gasteiger partial charge in [0.2, 0.25) is 0 Å². The number of hydrogen-bond donors (Lipinski definition) is 0. The van der Waals surface area contributed by atoms with Gasteiger partial charge >= 0.3 is 0 Å². The molecule has 3 heteroatoms. The first-order valence-electron chi connectivity index (χ1n) is 6.34. The van der Waals surface area contributed by atoms with Crippen LogP contribution in [-0.4, -0.2) is 13.1 Å². The molecular weight excluding hydrogens is 342 g/mol. The number of hydrogen-bond acceptors (Lipinski definition) is 1. The summed E-state index contributed by atoms with van der Waals surface area (Å²) in [7, 11) is 0.